The lowest BCUT2D eigenvalue weighted by molar-refractivity contribution is -0.122. The number of piperidine rings is 1. The van der Waals surface area contributed by atoms with Gasteiger partial charge in [0.25, 0.3) is 0 Å². The first-order valence-electron chi connectivity index (χ1n) is 13.7. The second kappa shape index (κ2) is 11.4. The van der Waals surface area contributed by atoms with Crippen LogP contribution in [-0.4, -0.2) is 59.1 Å². The van der Waals surface area contributed by atoms with E-state index in [4.69, 9.17) is 18.0 Å². The number of carbonyl (C=O) groups excluding carboxylic acids is 1. The maximum atomic E-state index is 12.7. The summed E-state index contributed by atoms with van der Waals surface area (Å²) in [7, 11) is -3.27. The van der Waals surface area contributed by atoms with Gasteiger partial charge in [0.2, 0.25) is 15.9 Å². The number of sulfonamides is 1. The zero-order valence-corrected chi connectivity index (χ0v) is 24.2. The molecule has 39 heavy (non-hydrogen) atoms. The van der Waals surface area contributed by atoms with E-state index in [2.05, 4.69) is 45.7 Å². The molecule has 1 amide bonds. The van der Waals surface area contributed by atoms with Crippen molar-refractivity contribution in [3.63, 3.8) is 0 Å². The Labute approximate surface area is 236 Å². The third kappa shape index (κ3) is 5.75. The fourth-order valence-electron chi connectivity index (χ4n) is 5.67. The first kappa shape index (κ1) is 27.8. The summed E-state index contributed by atoms with van der Waals surface area (Å²) in [5.41, 5.74) is 10.9. The molecule has 0 aliphatic carbocycles. The highest BCUT2D eigenvalue weighted by molar-refractivity contribution is 7.89. The molecule has 1 aromatic heterocycles. The van der Waals surface area contributed by atoms with Crippen LogP contribution in [0.25, 0.3) is 22.0 Å². The number of nitrogens with one attached hydrogen (secondary N) is 2. The summed E-state index contributed by atoms with van der Waals surface area (Å²) >= 11 is 5.22. The second-order valence-electron chi connectivity index (χ2n) is 10.8. The lowest BCUT2D eigenvalue weighted by atomic mass is 10.0. The van der Waals surface area contributed by atoms with Crippen molar-refractivity contribution < 1.29 is 13.2 Å². The molecule has 3 aromatic rings. The quantitative estimate of drug-likeness (QED) is 0.358. The number of aromatic nitrogens is 1. The molecule has 2 aliphatic rings. The Bertz CT molecular complexity index is 1480. The molecule has 5 rings (SSSR count). The fourth-order valence-corrected chi connectivity index (χ4v) is 7.12. The standard InChI is InChI=1S/C29H37N5O3S2/c1-19(2)39(36,37)33-13-10-23(11-14-33)34-18-25(21-5-3-6-22(16-21)28(30)38)24-9-8-20(15-27(24)34)17-32-29(35)26-7-4-12-31-26/h3,5-6,8-9,15-16,18-19,23,26,31H,4,7,10-14,17H2,1-2H3,(H2,30,38)(H,32,35). The van der Waals surface area contributed by atoms with Crippen LogP contribution in [0, 0.1) is 0 Å². The van der Waals surface area contributed by atoms with E-state index in [-0.39, 0.29) is 18.0 Å². The molecule has 0 radical (unpaired) electrons. The van der Waals surface area contributed by atoms with Crippen molar-refractivity contribution in [2.24, 2.45) is 5.73 Å². The van der Waals surface area contributed by atoms with Gasteiger partial charge in [-0.05, 0) is 69.3 Å². The minimum Gasteiger partial charge on any atom is -0.389 e. The molecule has 0 saturated carbocycles. The third-order valence-electron chi connectivity index (χ3n) is 7.97. The molecule has 8 nitrogen and oxygen atoms in total. The topological polar surface area (TPSA) is 109 Å². The summed E-state index contributed by atoms with van der Waals surface area (Å²) in [6.45, 7) is 5.81. The van der Waals surface area contributed by atoms with E-state index in [9.17, 15) is 13.2 Å². The highest BCUT2D eigenvalue weighted by Gasteiger charge is 2.31. The molecular weight excluding hydrogens is 530 g/mol. The highest BCUT2D eigenvalue weighted by atomic mass is 32.2. The number of rotatable bonds is 8. The largest absolute Gasteiger partial charge is 0.389 e. The highest BCUT2D eigenvalue weighted by Crippen LogP contribution is 2.37. The number of nitrogens with two attached hydrogens (primary N) is 1. The van der Waals surface area contributed by atoms with E-state index >= 15 is 0 Å². The van der Waals surface area contributed by atoms with Gasteiger partial charge in [0.05, 0.1) is 11.3 Å². The monoisotopic (exact) mass is 567 g/mol. The lowest BCUT2D eigenvalue weighted by Crippen LogP contribution is -2.42. The van der Waals surface area contributed by atoms with Gasteiger partial charge in [-0.25, -0.2) is 12.7 Å². The number of hydrogen-bond donors (Lipinski definition) is 3. The molecule has 0 bridgehead atoms. The number of nitrogens with zero attached hydrogens (tertiary/aromatic N) is 2. The van der Waals surface area contributed by atoms with Gasteiger partial charge in [-0.2, -0.15) is 0 Å². The smallest absolute Gasteiger partial charge is 0.237 e. The number of fused-ring (bicyclic) bond motifs is 1. The van der Waals surface area contributed by atoms with Crippen LogP contribution in [0.15, 0.2) is 48.7 Å². The van der Waals surface area contributed by atoms with Crippen molar-refractivity contribution in [3.8, 4) is 11.1 Å². The van der Waals surface area contributed by atoms with E-state index < -0.39 is 15.3 Å². The van der Waals surface area contributed by atoms with Gasteiger partial charge in [-0.1, -0.05) is 42.5 Å². The Balaban J connectivity index is 1.47. The average Bonchev–Trinajstić information content (AvgIpc) is 3.60. The number of amides is 1. The molecule has 208 valence electrons. The number of thiocarbonyl (C=S) groups is 1. The summed E-state index contributed by atoms with van der Waals surface area (Å²) in [5.74, 6) is 0.0389. The third-order valence-corrected chi connectivity index (χ3v) is 10.5. The fraction of sp³-hybridized carbons (Fsp3) is 0.448. The van der Waals surface area contributed by atoms with Crippen LogP contribution in [0.3, 0.4) is 0 Å². The van der Waals surface area contributed by atoms with Gasteiger partial charge in [-0.15, -0.1) is 0 Å². The molecule has 1 atom stereocenters. The van der Waals surface area contributed by atoms with Gasteiger partial charge >= 0.3 is 0 Å². The number of hydrogen-bond acceptors (Lipinski definition) is 5. The summed E-state index contributed by atoms with van der Waals surface area (Å²) in [6, 6.07) is 14.3. The minimum absolute atomic E-state index is 0.0389. The van der Waals surface area contributed by atoms with Crippen LogP contribution in [0.5, 0.6) is 0 Å². The molecule has 1 unspecified atom stereocenters. The average molecular weight is 568 g/mol. The molecule has 2 fully saturated rings. The SMILES string of the molecule is CC(C)S(=O)(=O)N1CCC(n2cc(-c3cccc(C(N)=S)c3)c3ccc(CNC(=O)C4CCCN4)cc32)CC1. The van der Waals surface area contributed by atoms with Crippen molar-refractivity contribution in [3.05, 3.63) is 59.8 Å². The predicted molar refractivity (Wildman–Crippen MR) is 160 cm³/mol. The first-order chi connectivity index (χ1) is 18.6. The maximum Gasteiger partial charge on any atom is 0.237 e. The molecule has 10 heteroatoms. The zero-order chi connectivity index (χ0) is 27.7. The van der Waals surface area contributed by atoms with Crippen LogP contribution in [0.4, 0.5) is 0 Å². The molecule has 2 aromatic carbocycles. The maximum absolute atomic E-state index is 12.7. The van der Waals surface area contributed by atoms with E-state index in [1.807, 2.05) is 18.2 Å². The van der Waals surface area contributed by atoms with Crippen molar-refractivity contribution in [1.82, 2.24) is 19.5 Å². The normalized spacial score (nSPS) is 19.1. The molecule has 2 saturated heterocycles. The Hall–Kier alpha value is -2.79. The Kier molecular flexibility index (Phi) is 8.09. The van der Waals surface area contributed by atoms with Crippen molar-refractivity contribution in [2.45, 2.75) is 63.4 Å². The van der Waals surface area contributed by atoms with Gasteiger partial charge in [0.15, 0.2) is 0 Å². The summed E-state index contributed by atoms with van der Waals surface area (Å²) in [4.78, 5) is 12.9. The summed E-state index contributed by atoms with van der Waals surface area (Å²) in [6.07, 6.45) is 5.53. The molecular formula is C29H37N5O3S2. The molecule has 0 spiro atoms. The number of carbonyl (C=O) groups is 1. The number of benzene rings is 2. The van der Waals surface area contributed by atoms with Gasteiger partial charge in [0, 0.05) is 53.9 Å². The molecule has 3 heterocycles. The minimum atomic E-state index is -3.27. The summed E-state index contributed by atoms with van der Waals surface area (Å²) < 4.78 is 29.4. The molecule has 4 N–H and O–H groups in total. The van der Waals surface area contributed by atoms with Gasteiger partial charge in [-0.3, -0.25) is 4.79 Å². The van der Waals surface area contributed by atoms with Gasteiger partial charge in [0.1, 0.15) is 4.99 Å². The van der Waals surface area contributed by atoms with E-state index in [1.54, 1.807) is 18.2 Å². The van der Waals surface area contributed by atoms with Gasteiger partial charge < -0.3 is 20.9 Å². The Morgan fingerprint density at radius 3 is 2.59 bits per heavy atom. The van der Waals surface area contributed by atoms with E-state index in [1.165, 1.54) is 0 Å². The van der Waals surface area contributed by atoms with Crippen LogP contribution >= 0.6 is 12.2 Å². The van der Waals surface area contributed by atoms with E-state index in [0.717, 1.165) is 65.4 Å². The van der Waals surface area contributed by atoms with Crippen LogP contribution in [0.2, 0.25) is 0 Å². The predicted octanol–water partition coefficient (Wildman–Crippen LogP) is 3.69. The van der Waals surface area contributed by atoms with Crippen molar-refractivity contribution >= 4 is 44.0 Å². The van der Waals surface area contributed by atoms with Crippen molar-refractivity contribution in [2.75, 3.05) is 19.6 Å². The summed E-state index contributed by atoms with van der Waals surface area (Å²) in [5, 5.41) is 7.00. The molecule has 2 aliphatic heterocycles. The zero-order valence-electron chi connectivity index (χ0n) is 22.5. The Morgan fingerprint density at radius 1 is 1.15 bits per heavy atom. The first-order valence-corrected chi connectivity index (χ1v) is 15.6. The van der Waals surface area contributed by atoms with Crippen LogP contribution in [-0.2, 0) is 21.4 Å². The second-order valence-corrected chi connectivity index (χ2v) is 13.8. The Morgan fingerprint density at radius 2 is 1.92 bits per heavy atom. The van der Waals surface area contributed by atoms with Crippen LogP contribution in [0.1, 0.15) is 56.7 Å². The lowest BCUT2D eigenvalue weighted by Gasteiger charge is -2.33. The van der Waals surface area contributed by atoms with E-state index in [0.29, 0.717) is 24.6 Å². The van der Waals surface area contributed by atoms with Crippen LogP contribution < -0.4 is 16.4 Å². The van der Waals surface area contributed by atoms with Crippen molar-refractivity contribution in [1.29, 1.82) is 0 Å².